The van der Waals surface area contributed by atoms with Crippen molar-refractivity contribution in [3.05, 3.63) is 29.8 Å². The van der Waals surface area contributed by atoms with E-state index in [1.54, 1.807) is 7.11 Å². The SMILES string of the molecule is COc1ccccc1C(CNC1=NCC(C)N1)OC(C)C. The van der Waals surface area contributed by atoms with Crippen LogP contribution in [-0.2, 0) is 4.74 Å². The number of hydrogen-bond donors (Lipinski definition) is 2. The van der Waals surface area contributed by atoms with Crippen LogP contribution >= 0.6 is 0 Å². The summed E-state index contributed by atoms with van der Waals surface area (Å²) in [5.41, 5.74) is 1.05. The molecule has 0 saturated heterocycles. The molecule has 1 aromatic rings. The third-order valence-electron chi connectivity index (χ3n) is 3.28. The molecule has 0 bridgehead atoms. The Labute approximate surface area is 126 Å². The number of para-hydroxylation sites is 1. The molecule has 0 fully saturated rings. The molecule has 21 heavy (non-hydrogen) atoms. The summed E-state index contributed by atoms with van der Waals surface area (Å²) >= 11 is 0. The average Bonchev–Trinajstić information content (AvgIpc) is 2.88. The molecule has 0 amide bonds. The van der Waals surface area contributed by atoms with Gasteiger partial charge in [0.25, 0.3) is 0 Å². The van der Waals surface area contributed by atoms with Gasteiger partial charge in [0.05, 0.1) is 19.8 Å². The predicted molar refractivity (Wildman–Crippen MR) is 84.9 cm³/mol. The van der Waals surface area contributed by atoms with Crippen LogP contribution in [-0.4, -0.2) is 38.3 Å². The number of nitrogens with zero attached hydrogens (tertiary/aromatic N) is 1. The van der Waals surface area contributed by atoms with Crippen molar-refractivity contribution in [1.29, 1.82) is 0 Å². The van der Waals surface area contributed by atoms with Crippen LogP contribution in [0.2, 0.25) is 0 Å². The van der Waals surface area contributed by atoms with Gasteiger partial charge in [-0.1, -0.05) is 18.2 Å². The summed E-state index contributed by atoms with van der Waals surface area (Å²) in [5, 5.41) is 6.62. The van der Waals surface area contributed by atoms with Gasteiger partial charge in [0, 0.05) is 18.2 Å². The molecule has 1 aliphatic heterocycles. The van der Waals surface area contributed by atoms with Crippen molar-refractivity contribution in [1.82, 2.24) is 10.6 Å². The Morgan fingerprint density at radius 2 is 2.14 bits per heavy atom. The highest BCUT2D eigenvalue weighted by molar-refractivity contribution is 5.81. The number of methoxy groups -OCH3 is 1. The molecule has 2 rings (SSSR count). The number of hydrogen-bond acceptors (Lipinski definition) is 5. The standard InChI is InChI=1S/C16H25N3O2/c1-11(2)21-15(10-18-16-17-9-12(3)19-16)13-7-5-6-8-14(13)20-4/h5-8,11-12,15H,9-10H2,1-4H3,(H2,17,18,19). The third-order valence-corrected chi connectivity index (χ3v) is 3.28. The first-order chi connectivity index (χ1) is 10.1. The minimum absolute atomic E-state index is 0.0819. The fraction of sp³-hybridized carbons (Fsp3) is 0.562. The number of benzene rings is 1. The minimum atomic E-state index is -0.0819. The normalized spacial score (nSPS) is 19.1. The zero-order valence-corrected chi connectivity index (χ0v) is 13.2. The molecular weight excluding hydrogens is 266 g/mol. The van der Waals surface area contributed by atoms with Crippen LogP contribution in [0.4, 0.5) is 0 Å². The summed E-state index contributed by atoms with van der Waals surface area (Å²) in [6.45, 7) is 7.65. The highest BCUT2D eigenvalue weighted by Crippen LogP contribution is 2.27. The maximum Gasteiger partial charge on any atom is 0.191 e. The maximum absolute atomic E-state index is 6.04. The van der Waals surface area contributed by atoms with Gasteiger partial charge in [-0.25, -0.2) is 0 Å². The Morgan fingerprint density at radius 3 is 2.76 bits per heavy atom. The van der Waals surface area contributed by atoms with E-state index < -0.39 is 0 Å². The highest BCUT2D eigenvalue weighted by atomic mass is 16.5. The van der Waals surface area contributed by atoms with Gasteiger partial charge in [0.15, 0.2) is 5.96 Å². The fourth-order valence-electron chi connectivity index (χ4n) is 2.34. The lowest BCUT2D eigenvalue weighted by Crippen LogP contribution is -2.40. The van der Waals surface area contributed by atoms with E-state index in [0.29, 0.717) is 12.6 Å². The number of guanidine groups is 1. The van der Waals surface area contributed by atoms with Gasteiger partial charge in [-0.3, -0.25) is 4.99 Å². The zero-order valence-electron chi connectivity index (χ0n) is 13.2. The van der Waals surface area contributed by atoms with Crippen molar-refractivity contribution in [3.63, 3.8) is 0 Å². The molecule has 2 unspecified atom stereocenters. The van der Waals surface area contributed by atoms with Crippen LogP contribution in [0, 0.1) is 0 Å². The van der Waals surface area contributed by atoms with Crippen molar-refractivity contribution < 1.29 is 9.47 Å². The number of aliphatic imine (C=N–C) groups is 1. The van der Waals surface area contributed by atoms with E-state index in [4.69, 9.17) is 9.47 Å². The molecule has 1 aromatic carbocycles. The Hall–Kier alpha value is -1.75. The molecule has 0 aromatic heterocycles. The van der Waals surface area contributed by atoms with Gasteiger partial charge in [0.2, 0.25) is 0 Å². The van der Waals surface area contributed by atoms with E-state index in [9.17, 15) is 0 Å². The lowest BCUT2D eigenvalue weighted by atomic mass is 10.1. The van der Waals surface area contributed by atoms with E-state index in [2.05, 4.69) is 22.5 Å². The first-order valence-electron chi connectivity index (χ1n) is 7.43. The second-order valence-electron chi connectivity index (χ2n) is 5.53. The summed E-state index contributed by atoms with van der Waals surface area (Å²) in [7, 11) is 1.68. The smallest absolute Gasteiger partial charge is 0.191 e. The number of rotatable bonds is 6. The van der Waals surface area contributed by atoms with Gasteiger partial charge in [-0.15, -0.1) is 0 Å². The molecule has 2 N–H and O–H groups in total. The summed E-state index contributed by atoms with van der Waals surface area (Å²) in [5.74, 6) is 1.69. The lowest BCUT2D eigenvalue weighted by Gasteiger charge is -2.23. The minimum Gasteiger partial charge on any atom is -0.496 e. The summed E-state index contributed by atoms with van der Waals surface area (Å²) in [6, 6.07) is 8.36. The van der Waals surface area contributed by atoms with Crippen molar-refractivity contribution in [2.75, 3.05) is 20.2 Å². The second-order valence-corrected chi connectivity index (χ2v) is 5.53. The molecular formula is C16H25N3O2. The summed E-state index contributed by atoms with van der Waals surface area (Å²) in [6.07, 6.45) is 0.0562. The second kappa shape index (κ2) is 7.31. The van der Waals surface area contributed by atoms with Gasteiger partial charge >= 0.3 is 0 Å². The fourth-order valence-corrected chi connectivity index (χ4v) is 2.34. The molecule has 0 radical (unpaired) electrons. The van der Waals surface area contributed by atoms with Crippen LogP contribution in [0.3, 0.4) is 0 Å². The molecule has 5 nitrogen and oxygen atoms in total. The van der Waals surface area contributed by atoms with Gasteiger partial charge in [-0.05, 0) is 26.8 Å². The molecule has 0 aliphatic carbocycles. The predicted octanol–water partition coefficient (Wildman–Crippen LogP) is 2.10. The Kier molecular flexibility index (Phi) is 5.44. The largest absolute Gasteiger partial charge is 0.496 e. The molecule has 0 saturated carbocycles. The van der Waals surface area contributed by atoms with Crippen molar-refractivity contribution in [2.24, 2.45) is 4.99 Å². The molecule has 5 heteroatoms. The Bertz CT molecular complexity index is 488. The zero-order chi connectivity index (χ0) is 15.2. The molecule has 0 spiro atoms. The highest BCUT2D eigenvalue weighted by Gasteiger charge is 2.20. The molecule has 1 heterocycles. The quantitative estimate of drug-likeness (QED) is 0.843. The third kappa shape index (κ3) is 4.36. The number of nitrogens with one attached hydrogen (secondary N) is 2. The maximum atomic E-state index is 6.04. The van der Waals surface area contributed by atoms with Gasteiger partial charge < -0.3 is 20.1 Å². The van der Waals surface area contributed by atoms with Crippen LogP contribution in [0.15, 0.2) is 29.3 Å². The topological polar surface area (TPSA) is 54.9 Å². The lowest BCUT2D eigenvalue weighted by molar-refractivity contribution is 0.00822. The van der Waals surface area contributed by atoms with E-state index in [-0.39, 0.29) is 12.2 Å². The van der Waals surface area contributed by atoms with E-state index >= 15 is 0 Å². The summed E-state index contributed by atoms with van der Waals surface area (Å²) < 4.78 is 11.5. The van der Waals surface area contributed by atoms with E-state index in [1.807, 2.05) is 38.1 Å². The van der Waals surface area contributed by atoms with Crippen LogP contribution < -0.4 is 15.4 Å². The van der Waals surface area contributed by atoms with E-state index in [1.165, 1.54) is 0 Å². The molecule has 2 atom stereocenters. The summed E-state index contributed by atoms with van der Waals surface area (Å²) in [4.78, 5) is 4.41. The van der Waals surface area contributed by atoms with Crippen LogP contribution in [0.1, 0.15) is 32.4 Å². The monoisotopic (exact) mass is 291 g/mol. The van der Waals surface area contributed by atoms with Gasteiger partial charge in [0.1, 0.15) is 11.9 Å². The van der Waals surface area contributed by atoms with Crippen LogP contribution in [0.5, 0.6) is 5.75 Å². The van der Waals surface area contributed by atoms with Gasteiger partial charge in [-0.2, -0.15) is 0 Å². The average molecular weight is 291 g/mol. The Morgan fingerprint density at radius 1 is 1.38 bits per heavy atom. The Balaban J connectivity index is 2.07. The first kappa shape index (κ1) is 15.6. The molecule has 1 aliphatic rings. The van der Waals surface area contributed by atoms with E-state index in [0.717, 1.165) is 23.8 Å². The van der Waals surface area contributed by atoms with Crippen molar-refractivity contribution >= 4 is 5.96 Å². The molecule has 116 valence electrons. The number of ether oxygens (including phenoxy) is 2. The first-order valence-corrected chi connectivity index (χ1v) is 7.43. The van der Waals surface area contributed by atoms with Crippen LogP contribution in [0.25, 0.3) is 0 Å². The van der Waals surface area contributed by atoms with Crippen molar-refractivity contribution in [3.8, 4) is 5.75 Å². The van der Waals surface area contributed by atoms with Crippen molar-refractivity contribution in [2.45, 2.75) is 39.0 Å².